The van der Waals surface area contributed by atoms with Gasteiger partial charge in [0.05, 0.1) is 5.02 Å². The molecule has 0 bridgehead atoms. The largest absolute Gasteiger partial charge is 0.506 e. The van der Waals surface area contributed by atoms with Gasteiger partial charge in [0, 0.05) is 18.2 Å². The van der Waals surface area contributed by atoms with Gasteiger partial charge in [-0.2, -0.15) is 0 Å². The van der Waals surface area contributed by atoms with Crippen LogP contribution in [0.15, 0.2) is 48.5 Å². The molecular weight excluding hydrogens is 288 g/mol. The fourth-order valence-electron chi connectivity index (χ4n) is 1.96. The molecule has 2 aromatic carbocycles. The maximum atomic E-state index is 11.9. The van der Waals surface area contributed by atoms with E-state index in [1.165, 1.54) is 12.1 Å². The molecule has 4 N–H and O–H groups in total. The second-order valence-electron chi connectivity index (χ2n) is 4.77. The first-order valence-corrected chi connectivity index (χ1v) is 7.03. The molecule has 4 nitrogen and oxygen atoms in total. The maximum absolute atomic E-state index is 11.9. The van der Waals surface area contributed by atoms with Crippen molar-refractivity contribution in [2.24, 2.45) is 5.73 Å². The van der Waals surface area contributed by atoms with E-state index in [1.54, 1.807) is 6.07 Å². The smallest absolute Gasteiger partial charge is 0.224 e. The fourth-order valence-corrected chi connectivity index (χ4v) is 2.14. The van der Waals surface area contributed by atoms with E-state index >= 15 is 0 Å². The fraction of sp³-hybridized carbons (Fsp3) is 0.188. The van der Waals surface area contributed by atoms with Crippen LogP contribution in [0.4, 0.5) is 5.69 Å². The number of phenols is 1. The molecule has 5 heteroatoms. The summed E-state index contributed by atoms with van der Waals surface area (Å²) >= 11 is 5.78. The highest BCUT2D eigenvalue weighted by Gasteiger charge is 2.10. The van der Waals surface area contributed by atoms with Crippen LogP contribution in [0.3, 0.4) is 0 Å². The summed E-state index contributed by atoms with van der Waals surface area (Å²) in [6.07, 6.45) is 0.871. The van der Waals surface area contributed by atoms with Crippen molar-refractivity contribution >= 4 is 23.2 Å². The molecule has 0 aliphatic heterocycles. The topological polar surface area (TPSA) is 75.4 Å². The van der Waals surface area contributed by atoms with Crippen LogP contribution >= 0.6 is 11.6 Å². The number of aromatic hydroxyl groups is 1. The highest BCUT2D eigenvalue weighted by molar-refractivity contribution is 6.32. The average Bonchev–Trinajstić information content (AvgIpc) is 2.49. The van der Waals surface area contributed by atoms with E-state index in [9.17, 15) is 9.90 Å². The summed E-state index contributed by atoms with van der Waals surface area (Å²) in [5.41, 5.74) is 7.61. The van der Waals surface area contributed by atoms with Gasteiger partial charge < -0.3 is 16.2 Å². The van der Waals surface area contributed by atoms with Crippen molar-refractivity contribution in [1.29, 1.82) is 0 Å². The SMILES string of the molecule is NC(CCC(=O)Nc1ccc(O)c(Cl)c1)c1ccccc1. The number of nitrogens with two attached hydrogens (primary N) is 1. The summed E-state index contributed by atoms with van der Waals surface area (Å²) in [5, 5.41) is 12.2. The second-order valence-corrected chi connectivity index (χ2v) is 5.18. The average molecular weight is 305 g/mol. The Kier molecular flexibility index (Phi) is 5.20. The lowest BCUT2D eigenvalue weighted by Crippen LogP contribution is -2.16. The number of amides is 1. The van der Waals surface area contributed by atoms with Crippen LogP contribution in [-0.4, -0.2) is 11.0 Å². The van der Waals surface area contributed by atoms with Gasteiger partial charge in [0.2, 0.25) is 5.91 Å². The van der Waals surface area contributed by atoms with Gasteiger partial charge in [-0.15, -0.1) is 0 Å². The lowest BCUT2D eigenvalue weighted by Gasteiger charge is -2.12. The van der Waals surface area contributed by atoms with Crippen molar-refractivity contribution in [3.05, 3.63) is 59.1 Å². The molecule has 2 rings (SSSR count). The standard InChI is InChI=1S/C16H17ClN2O2/c17-13-10-12(6-8-15(13)20)19-16(21)9-7-14(18)11-4-2-1-3-5-11/h1-6,8,10,14,20H,7,9,18H2,(H,19,21). The summed E-state index contributed by atoms with van der Waals surface area (Å²) in [7, 11) is 0. The third kappa shape index (κ3) is 4.48. The molecular formula is C16H17ClN2O2. The summed E-state index contributed by atoms with van der Waals surface area (Å²) in [5.74, 6) is -0.149. The minimum Gasteiger partial charge on any atom is -0.506 e. The number of nitrogens with one attached hydrogen (secondary N) is 1. The Morgan fingerprint density at radius 1 is 1.24 bits per heavy atom. The molecule has 2 aromatic rings. The third-order valence-corrected chi connectivity index (χ3v) is 3.44. The number of hydrogen-bond donors (Lipinski definition) is 3. The molecule has 1 unspecified atom stereocenters. The van der Waals surface area contributed by atoms with E-state index < -0.39 is 0 Å². The predicted octanol–water partition coefficient (Wildman–Crippen LogP) is 3.46. The Labute approximate surface area is 128 Å². The number of halogens is 1. The number of phenolic OH excluding ortho intramolecular Hbond substituents is 1. The second kappa shape index (κ2) is 7.11. The Morgan fingerprint density at radius 3 is 2.62 bits per heavy atom. The monoisotopic (exact) mass is 304 g/mol. The lowest BCUT2D eigenvalue weighted by atomic mass is 10.0. The van der Waals surface area contributed by atoms with Crippen molar-refractivity contribution in [1.82, 2.24) is 0 Å². The summed E-state index contributed by atoms with van der Waals surface area (Å²) in [4.78, 5) is 11.9. The van der Waals surface area contributed by atoms with Gasteiger partial charge in [-0.25, -0.2) is 0 Å². The number of anilines is 1. The van der Waals surface area contributed by atoms with Crippen LogP contribution in [0.2, 0.25) is 5.02 Å². The first-order chi connectivity index (χ1) is 10.1. The summed E-state index contributed by atoms with van der Waals surface area (Å²) < 4.78 is 0. The Morgan fingerprint density at radius 2 is 1.95 bits per heavy atom. The van der Waals surface area contributed by atoms with Gasteiger partial charge in [-0.1, -0.05) is 41.9 Å². The highest BCUT2D eigenvalue weighted by atomic mass is 35.5. The molecule has 0 aliphatic rings. The molecule has 1 atom stereocenters. The minimum absolute atomic E-state index is 0.0132. The van der Waals surface area contributed by atoms with E-state index in [0.717, 1.165) is 5.56 Å². The van der Waals surface area contributed by atoms with Gasteiger partial charge >= 0.3 is 0 Å². The van der Waals surface area contributed by atoms with Crippen molar-refractivity contribution in [3.63, 3.8) is 0 Å². The molecule has 0 aromatic heterocycles. The zero-order valence-corrected chi connectivity index (χ0v) is 12.2. The van der Waals surface area contributed by atoms with Crippen LogP contribution in [0.1, 0.15) is 24.4 Å². The van der Waals surface area contributed by atoms with Gasteiger partial charge in [-0.05, 0) is 30.2 Å². The van der Waals surface area contributed by atoms with Crippen molar-refractivity contribution in [2.45, 2.75) is 18.9 Å². The van der Waals surface area contributed by atoms with E-state index in [1.807, 2.05) is 30.3 Å². The molecule has 1 amide bonds. The molecule has 0 aliphatic carbocycles. The molecule has 0 spiro atoms. The predicted molar refractivity (Wildman–Crippen MR) is 84.4 cm³/mol. The van der Waals surface area contributed by atoms with Crippen LogP contribution in [-0.2, 0) is 4.79 Å². The van der Waals surface area contributed by atoms with Crippen LogP contribution in [0.25, 0.3) is 0 Å². The molecule has 21 heavy (non-hydrogen) atoms. The Hall–Kier alpha value is -2.04. The van der Waals surface area contributed by atoms with Gasteiger partial charge in [-0.3, -0.25) is 4.79 Å². The van der Waals surface area contributed by atoms with Crippen molar-refractivity contribution < 1.29 is 9.90 Å². The molecule has 0 saturated carbocycles. The molecule has 0 radical (unpaired) electrons. The zero-order valence-electron chi connectivity index (χ0n) is 11.4. The van der Waals surface area contributed by atoms with Crippen LogP contribution < -0.4 is 11.1 Å². The molecule has 0 saturated heterocycles. The van der Waals surface area contributed by atoms with E-state index in [4.69, 9.17) is 17.3 Å². The quantitative estimate of drug-likeness (QED) is 0.740. The molecule has 110 valence electrons. The van der Waals surface area contributed by atoms with Crippen LogP contribution in [0.5, 0.6) is 5.75 Å². The van der Waals surface area contributed by atoms with Crippen molar-refractivity contribution in [3.8, 4) is 5.75 Å². The first-order valence-electron chi connectivity index (χ1n) is 6.65. The molecule has 0 heterocycles. The summed E-state index contributed by atoms with van der Waals surface area (Å²) in [6.45, 7) is 0. The number of rotatable bonds is 5. The molecule has 0 fully saturated rings. The number of carbonyl (C=O) groups excluding carboxylic acids is 1. The van der Waals surface area contributed by atoms with E-state index in [-0.39, 0.29) is 22.7 Å². The highest BCUT2D eigenvalue weighted by Crippen LogP contribution is 2.26. The Balaban J connectivity index is 1.86. The third-order valence-electron chi connectivity index (χ3n) is 3.14. The van der Waals surface area contributed by atoms with Gasteiger partial charge in [0.1, 0.15) is 5.75 Å². The normalized spacial score (nSPS) is 11.9. The minimum atomic E-state index is -0.166. The van der Waals surface area contributed by atoms with Crippen LogP contribution in [0, 0.1) is 0 Å². The van der Waals surface area contributed by atoms with E-state index in [2.05, 4.69) is 5.32 Å². The zero-order chi connectivity index (χ0) is 15.2. The van der Waals surface area contributed by atoms with Gasteiger partial charge in [0.25, 0.3) is 0 Å². The number of benzene rings is 2. The van der Waals surface area contributed by atoms with E-state index in [0.29, 0.717) is 18.5 Å². The lowest BCUT2D eigenvalue weighted by molar-refractivity contribution is -0.116. The first kappa shape index (κ1) is 15.4. The number of hydrogen-bond acceptors (Lipinski definition) is 3. The number of carbonyl (C=O) groups is 1. The Bertz CT molecular complexity index is 617. The van der Waals surface area contributed by atoms with Crippen molar-refractivity contribution in [2.75, 3.05) is 5.32 Å². The summed E-state index contributed by atoms with van der Waals surface area (Å²) in [6, 6.07) is 14.0. The van der Waals surface area contributed by atoms with Gasteiger partial charge in [0.15, 0.2) is 0 Å². The maximum Gasteiger partial charge on any atom is 0.224 e.